The van der Waals surface area contributed by atoms with Crippen molar-refractivity contribution >= 4 is 7.92 Å². The van der Waals surface area contributed by atoms with Crippen molar-refractivity contribution in [1.82, 2.24) is 0 Å². The fraction of sp³-hybridized carbons (Fsp3) is 0.750. The fourth-order valence-corrected chi connectivity index (χ4v) is 2.75. The molecule has 0 aliphatic heterocycles. The molecule has 0 atom stereocenters. The van der Waals surface area contributed by atoms with E-state index < -0.39 is 13.6 Å². The molecule has 0 aromatic carbocycles. The van der Waals surface area contributed by atoms with Gasteiger partial charge in [-0.3, -0.25) is 0 Å². The molecule has 0 amide bonds. The predicted octanol–water partition coefficient (Wildman–Crippen LogP) is 3.68. The van der Waals surface area contributed by atoms with Gasteiger partial charge < -0.3 is 0 Å². The maximum Gasteiger partial charge on any atom is 0.267 e. The van der Waals surface area contributed by atoms with Crippen LogP contribution in [0.4, 0.5) is 8.78 Å². The third-order valence-electron chi connectivity index (χ3n) is 1.62. The monoisotopic (exact) mass is 180 g/mol. The first-order valence-corrected chi connectivity index (χ1v) is 5.53. The first kappa shape index (κ1) is 11.0. The van der Waals surface area contributed by atoms with Gasteiger partial charge in [-0.25, -0.2) is 8.78 Å². The summed E-state index contributed by atoms with van der Waals surface area (Å²) in [5, 5.41) is 0. The first-order valence-electron chi connectivity index (χ1n) is 3.82. The van der Waals surface area contributed by atoms with Crippen molar-refractivity contribution in [2.75, 3.05) is 12.3 Å². The number of hydrogen-bond acceptors (Lipinski definition) is 0. The summed E-state index contributed by atoms with van der Waals surface area (Å²) >= 11 is 0. The lowest BCUT2D eigenvalue weighted by molar-refractivity contribution is 0.102. The molecule has 0 N–H and O–H groups in total. The average Bonchev–Trinajstić information content (AvgIpc) is 1.89. The molecule has 0 aliphatic rings. The van der Waals surface area contributed by atoms with Crippen molar-refractivity contribution < 1.29 is 8.78 Å². The second-order valence-corrected chi connectivity index (χ2v) is 5.33. The van der Waals surface area contributed by atoms with Gasteiger partial charge >= 0.3 is 0 Å². The lowest BCUT2D eigenvalue weighted by atomic mass is 10.4. The Morgan fingerprint density at radius 2 is 1.82 bits per heavy atom. The normalized spacial score (nSPS) is 12.1. The summed E-state index contributed by atoms with van der Waals surface area (Å²) in [5.74, 6) is 0. The van der Waals surface area contributed by atoms with Crippen LogP contribution in [-0.2, 0) is 0 Å². The van der Waals surface area contributed by atoms with Crippen LogP contribution in [-0.4, -0.2) is 18.0 Å². The van der Waals surface area contributed by atoms with E-state index in [2.05, 4.69) is 6.58 Å². The minimum Gasteiger partial charge on any atom is -0.202 e. The van der Waals surface area contributed by atoms with Crippen molar-refractivity contribution in [2.45, 2.75) is 25.9 Å². The molecule has 0 aromatic heterocycles. The van der Waals surface area contributed by atoms with Gasteiger partial charge in [0.2, 0.25) is 0 Å². The second-order valence-electron chi connectivity index (χ2n) is 2.33. The van der Waals surface area contributed by atoms with Crippen molar-refractivity contribution in [2.24, 2.45) is 0 Å². The molecule has 0 saturated heterocycles. The van der Waals surface area contributed by atoms with E-state index in [-0.39, 0.29) is 6.42 Å². The molecule has 0 heterocycles. The van der Waals surface area contributed by atoms with Crippen molar-refractivity contribution in [3.63, 3.8) is 0 Å². The van der Waals surface area contributed by atoms with Crippen LogP contribution >= 0.6 is 7.92 Å². The molecular weight excluding hydrogens is 165 g/mol. The quantitative estimate of drug-likeness (QED) is 0.447. The van der Waals surface area contributed by atoms with Gasteiger partial charge in [0, 0.05) is 6.42 Å². The molecule has 0 saturated carbocycles. The van der Waals surface area contributed by atoms with Crippen LogP contribution in [0.25, 0.3) is 0 Å². The highest BCUT2D eigenvalue weighted by atomic mass is 31.1. The number of alkyl halides is 2. The van der Waals surface area contributed by atoms with E-state index in [9.17, 15) is 8.78 Å². The molecule has 0 aliphatic carbocycles. The lowest BCUT2D eigenvalue weighted by Gasteiger charge is -2.23. The van der Waals surface area contributed by atoms with E-state index in [1.54, 1.807) is 0 Å². The van der Waals surface area contributed by atoms with Crippen LogP contribution in [0, 0.1) is 0 Å². The van der Waals surface area contributed by atoms with Gasteiger partial charge in [-0.05, 0) is 20.2 Å². The molecule has 0 spiro atoms. The van der Waals surface area contributed by atoms with E-state index >= 15 is 0 Å². The zero-order valence-electron chi connectivity index (χ0n) is 7.11. The largest absolute Gasteiger partial charge is 0.267 e. The Bertz CT molecular complexity index is 119. The summed E-state index contributed by atoms with van der Waals surface area (Å²) in [6.45, 7) is 6.98. The zero-order valence-corrected chi connectivity index (χ0v) is 8.00. The van der Waals surface area contributed by atoms with Crippen molar-refractivity contribution in [1.29, 1.82) is 0 Å². The Kier molecular flexibility index (Phi) is 4.83. The summed E-state index contributed by atoms with van der Waals surface area (Å²) < 4.78 is 26.1. The highest BCUT2D eigenvalue weighted by Gasteiger charge is 2.34. The minimum absolute atomic E-state index is 0.166. The Labute approximate surface area is 68.4 Å². The van der Waals surface area contributed by atoms with Crippen LogP contribution in [0.15, 0.2) is 12.7 Å². The average molecular weight is 180 g/mol. The molecule has 0 aromatic rings. The summed E-state index contributed by atoms with van der Waals surface area (Å²) in [7, 11) is -1.11. The third-order valence-corrected chi connectivity index (χ3v) is 4.25. The number of hydrogen-bond donors (Lipinski definition) is 0. The lowest BCUT2D eigenvalue weighted by Crippen LogP contribution is -2.14. The topological polar surface area (TPSA) is 0 Å². The second kappa shape index (κ2) is 4.82. The number of halogens is 2. The van der Waals surface area contributed by atoms with Crippen LogP contribution < -0.4 is 0 Å². The predicted molar refractivity (Wildman–Crippen MR) is 47.8 cm³/mol. The molecule has 0 unspecified atom stereocenters. The van der Waals surface area contributed by atoms with Gasteiger partial charge in [0.25, 0.3) is 5.66 Å². The van der Waals surface area contributed by atoms with Crippen LogP contribution in [0.1, 0.15) is 20.3 Å². The molecule has 0 fully saturated rings. The van der Waals surface area contributed by atoms with Gasteiger partial charge in [0.15, 0.2) is 0 Å². The van der Waals surface area contributed by atoms with Gasteiger partial charge in [-0.2, -0.15) is 0 Å². The van der Waals surface area contributed by atoms with E-state index in [4.69, 9.17) is 0 Å². The molecule has 3 heteroatoms. The Morgan fingerprint density at radius 3 is 2.09 bits per heavy atom. The first-order chi connectivity index (χ1) is 5.08. The fourth-order valence-electron chi connectivity index (χ4n) is 0.989. The van der Waals surface area contributed by atoms with Gasteiger partial charge in [-0.15, -0.1) is 6.58 Å². The van der Waals surface area contributed by atoms with Crippen molar-refractivity contribution in [3.8, 4) is 0 Å². The highest BCUT2D eigenvalue weighted by molar-refractivity contribution is 7.58. The summed E-state index contributed by atoms with van der Waals surface area (Å²) in [5.41, 5.74) is -2.49. The SMILES string of the molecule is C=CCC(F)(F)P(CC)CC. The smallest absolute Gasteiger partial charge is 0.202 e. The van der Waals surface area contributed by atoms with Crippen LogP contribution in [0.2, 0.25) is 0 Å². The molecule has 66 valence electrons. The number of allylic oxidation sites excluding steroid dienone is 1. The molecule has 0 radical (unpaired) electrons. The molecule has 0 rings (SSSR count). The van der Waals surface area contributed by atoms with Gasteiger partial charge in [-0.1, -0.05) is 19.9 Å². The van der Waals surface area contributed by atoms with Crippen LogP contribution in [0.3, 0.4) is 0 Å². The Balaban J connectivity index is 4.10. The Morgan fingerprint density at radius 1 is 1.36 bits per heavy atom. The summed E-state index contributed by atoms with van der Waals surface area (Å²) in [6.07, 6.45) is 2.35. The van der Waals surface area contributed by atoms with Crippen LogP contribution in [0.5, 0.6) is 0 Å². The highest BCUT2D eigenvalue weighted by Crippen LogP contribution is 2.53. The standard InChI is InChI=1S/C8H15F2P/c1-4-7-8(9,10)11(5-2)6-3/h4H,1,5-7H2,2-3H3. The molecule has 11 heavy (non-hydrogen) atoms. The summed E-state index contributed by atoms with van der Waals surface area (Å²) in [4.78, 5) is 0. The molecular formula is C8H15F2P. The van der Waals surface area contributed by atoms with E-state index in [1.807, 2.05) is 13.8 Å². The number of rotatable bonds is 5. The third kappa shape index (κ3) is 3.29. The Hall–Kier alpha value is 0.0300. The van der Waals surface area contributed by atoms with Gasteiger partial charge in [0.1, 0.15) is 0 Å². The molecule has 0 bridgehead atoms. The van der Waals surface area contributed by atoms with E-state index in [1.165, 1.54) is 6.08 Å². The van der Waals surface area contributed by atoms with Gasteiger partial charge in [0.05, 0.1) is 0 Å². The zero-order chi connectivity index (χ0) is 8.91. The van der Waals surface area contributed by atoms with Crippen molar-refractivity contribution in [3.05, 3.63) is 12.7 Å². The maximum atomic E-state index is 13.0. The minimum atomic E-state index is -2.49. The van der Waals surface area contributed by atoms with E-state index in [0.717, 1.165) is 0 Å². The maximum absolute atomic E-state index is 13.0. The molecule has 0 nitrogen and oxygen atoms in total. The van der Waals surface area contributed by atoms with E-state index in [0.29, 0.717) is 12.3 Å². The summed E-state index contributed by atoms with van der Waals surface area (Å²) in [6, 6.07) is 0.